The number of furan rings is 1. The van der Waals surface area contributed by atoms with Gasteiger partial charge in [-0.05, 0) is 58.7 Å². The summed E-state index contributed by atoms with van der Waals surface area (Å²) in [4.78, 5) is 14.7. The highest BCUT2D eigenvalue weighted by Crippen LogP contribution is 2.24. The van der Waals surface area contributed by atoms with Crippen LogP contribution >= 0.6 is 15.9 Å². The number of amides is 1. The first-order valence-corrected chi connectivity index (χ1v) is 11.1. The molecule has 1 fully saturated rings. The zero-order valence-electron chi connectivity index (χ0n) is 14.6. The standard InChI is InChI=1S/C19H20BrNO5S/c1-2-10-25-16-5-3-14(4-6-16)19(22)21(12-17-7-8-18(20)26-17)15-9-11-27(23,24)13-15/h2-8,15H,1,9-13H2. The molecule has 0 N–H and O–H groups in total. The van der Waals surface area contributed by atoms with Crippen LogP contribution in [0.4, 0.5) is 0 Å². The van der Waals surface area contributed by atoms with Crippen molar-refractivity contribution in [2.75, 3.05) is 18.1 Å². The summed E-state index contributed by atoms with van der Waals surface area (Å²) in [5.74, 6) is 1.06. The van der Waals surface area contributed by atoms with E-state index in [2.05, 4.69) is 22.5 Å². The van der Waals surface area contributed by atoms with E-state index in [0.29, 0.717) is 34.8 Å². The first-order chi connectivity index (χ1) is 12.9. The van der Waals surface area contributed by atoms with Gasteiger partial charge in [0.15, 0.2) is 14.5 Å². The fourth-order valence-electron chi connectivity index (χ4n) is 3.01. The smallest absolute Gasteiger partial charge is 0.254 e. The molecule has 1 amide bonds. The highest BCUT2D eigenvalue weighted by molar-refractivity contribution is 9.10. The van der Waals surface area contributed by atoms with Gasteiger partial charge < -0.3 is 14.1 Å². The maximum absolute atomic E-state index is 13.1. The number of ether oxygens (including phenoxy) is 1. The fraction of sp³-hybridized carbons (Fsp3) is 0.316. The summed E-state index contributed by atoms with van der Waals surface area (Å²) in [6, 6.07) is 9.91. The molecule has 2 aromatic rings. The van der Waals surface area contributed by atoms with Gasteiger partial charge in [0.25, 0.3) is 5.91 Å². The van der Waals surface area contributed by atoms with Crippen molar-refractivity contribution < 1.29 is 22.4 Å². The lowest BCUT2D eigenvalue weighted by molar-refractivity contribution is 0.0665. The van der Waals surface area contributed by atoms with E-state index < -0.39 is 9.84 Å². The minimum atomic E-state index is -3.12. The van der Waals surface area contributed by atoms with Gasteiger partial charge in [0.2, 0.25) is 0 Å². The number of rotatable bonds is 7. The van der Waals surface area contributed by atoms with E-state index in [4.69, 9.17) is 9.15 Å². The molecule has 1 aliphatic heterocycles. The number of carbonyl (C=O) groups is 1. The second-order valence-corrected chi connectivity index (χ2v) is 9.33. The summed E-state index contributed by atoms with van der Waals surface area (Å²) in [6.45, 7) is 4.18. The molecule has 0 radical (unpaired) electrons. The summed E-state index contributed by atoms with van der Waals surface area (Å²) < 4.78 is 35.3. The molecule has 3 rings (SSSR count). The summed E-state index contributed by atoms with van der Waals surface area (Å²) in [5.41, 5.74) is 0.468. The summed E-state index contributed by atoms with van der Waals surface area (Å²) in [6.07, 6.45) is 2.07. The van der Waals surface area contributed by atoms with Crippen LogP contribution in [0.15, 0.2) is 58.1 Å². The van der Waals surface area contributed by atoms with Crippen LogP contribution in [0.3, 0.4) is 0 Å². The molecule has 6 nitrogen and oxygen atoms in total. The second-order valence-electron chi connectivity index (χ2n) is 6.32. The van der Waals surface area contributed by atoms with Crippen molar-refractivity contribution in [1.29, 1.82) is 0 Å². The summed E-state index contributed by atoms with van der Waals surface area (Å²) in [5, 5.41) is 0. The Kier molecular flexibility index (Phi) is 6.06. The Hall–Kier alpha value is -2.06. The summed E-state index contributed by atoms with van der Waals surface area (Å²) >= 11 is 3.25. The SMILES string of the molecule is C=CCOc1ccc(C(=O)N(Cc2ccc(Br)o2)C2CCS(=O)(=O)C2)cc1. The van der Waals surface area contributed by atoms with Crippen LogP contribution in [0.25, 0.3) is 0 Å². The Balaban J connectivity index is 1.82. The van der Waals surface area contributed by atoms with Crippen molar-refractivity contribution in [3.8, 4) is 5.75 Å². The molecule has 27 heavy (non-hydrogen) atoms. The molecular weight excluding hydrogens is 434 g/mol. The van der Waals surface area contributed by atoms with Gasteiger partial charge in [0, 0.05) is 11.6 Å². The van der Waals surface area contributed by atoms with E-state index in [9.17, 15) is 13.2 Å². The Morgan fingerprint density at radius 1 is 1.30 bits per heavy atom. The summed E-state index contributed by atoms with van der Waals surface area (Å²) in [7, 11) is -3.12. The Morgan fingerprint density at radius 2 is 2.04 bits per heavy atom. The average Bonchev–Trinajstić information content (AvgIpc) is 3.22. The fourth-order valence-corrected chi connectivity index (χ4v) is 5.08. The van der Waals surface area contributed by atoms with Gasteiger partial charge in [-0.2, -0.15) is 0 Å². The van der Waals surface area contributed by atoms with Crippen LogP contribution in [-0.2, 0) is 16.4 Å². The van der Waals surface area contributed by atoms with Gasteiger partial charge in [-0.3, -0.25) is 4.79 Å². The number of nitrogens with zero attached hydrogens (tertiary/aromatic N) is 1. The molecule has 0 spiro atoms. The molecule has 1 atom stereocenters. The Bertz CT molecular complexity index is 920. The van der Waals surface area contributed by atoms with Crippen molar-refractivity contribution in [3.05, 3.63) is 65.0 Å². The number of carbonyl (C=O) groups excluding carboxylic acids is 1. The third-order valence-corrected chi connectivity index (χ3v) is 6.51. The second kappa shape index (κ2) is 8.31. The molecule has 1 saturated heterocycles. The molecule has 1 aliphatic rings. The Labute approximate surface area is 166 Å². The minimum absolute atomic E-state index is 0.0266. The third kappa shape index (κ3) is 5.01. The largest absolute Gasteiger partial charge is 0.490 e. The molecule has 0 aliphatic carbocycles. The zero-order valence-corrected chi connectivity index (χ0v) is 17.0. The highest BCUT2D eigenvalue weighted by atomic mass is 79.9. The van der Waals surface area contributed by atoms with Gasteiger partial charge in [0.1, 0.15) is 18.1 Å². The van der Waals surface area contributed by atoms with E-state index in [1.54, 1.807) is 47.4 Å². The van der Waals surface area contributed by atoms with Crippen LogP contribution in [0.5, 0.6) is 5.75 Å². The van der Waals surface area contributed by atoms with E-state index >= 15 is 0 Å². The molecule has 0 bridgehead atoms. The number of hydrogen-bond donors (Lipinski definition) is 0. The van der Waals surface area contributed by atoms with Crippen LogP contribution in [-0.4, -0.2) is 43.4 Å². The lowest BCUT2D eigenvalue weighted by Gasteiger charge is -2.27. The topological polar surface area (TPSA) is 76.8 Å². The van der Waals surface area contributed by atoms with Crippen molar-refractivity contribution >= 4 is 31.7 Å². The lowest BCUT2D eigenvalue weighted by atomic mass is 10.1. The van der Waals surface area contributed by atoms with Crippen LogP contribution in [0, 0.1) is 0 Å². The normalized spacial score (nSPS) is 18.2. The molecule has 8 heteroatoms. The molecule has 144 valence electrons. The maximum Gasteiger partial charge on any atom is 0.254 e. The van der Waals surface area contributed by atoms with Gasteiger partial charge in [-0.25, -0.2) is 8.42 Å². The van der Waals surface area contributed by atoms with Crippen LogP contribution < -0.4 is 4.74 Å². The molecule has 1 aromatic carbocycles. The van der Waals surface area contributed by atoms with Crippen molar-refractivity contribution in [1.82, 2.24) is 4.90 Å². The van der Waals surface area contributed by atoms with Crippen molar-refractivity contribution in [2.24, 2.45) is 0 Å². The van der Waals surface area contributed by atoms with Crippen LogP contribution in [0.2, 0.25) is 0 Å². The maximum atomic E-state index is 13.1. The van der Waals surface area contributed by atoms with E-state index in [0.717, 1.165) is 0 Å². The number of sulfone groups is 1. The predicted molar refractivity (Wildman–Crippen MR) is 105 cm³/mol. The van der Waals surface area contributed by atoms with Gasteiger partial charge >= 0.3 is 0 Å². The van der Waals surface area contributed by atoms with Crippen molar-refractivity contribution in [2.45, 2.75) is 19.0 Å². The number of halogens is 1. The zero-order chi connectivity index (χ0) is 19.4. The average molecular weight is 454 g/mol. The quantitative estimate of drug-likeness (QED) is 0.600. The van der Waals surface area contributed by atoms with Crippen molar-refractivity contribution in [3.63, 3.8) is 0 Å². The molecule has 1 aromatic heterocycles. The van der Waals surface area contributed by atoms with E-state index in [1.165, 1.54) is 0 Å². The molecule has 0 saturated carbocycles. The molecular formula is C19H20BrNO5S. The van der Waals surface area contributed by atoms with Gasteiger partial charge in [0.05, 0.1) is 18.1 Å². The monoisotopic (exact) mass is 453 g/mol. The first kappa shape index (κ1) is 19.7. The van der Waals surface area contributed by atoms with E-state index in [-0.39, 0.29) is 30.0 Å². The predicted octanol–water partition coefficient (Wildman–Crippen LogP) is 3.44. The number of benzene rings is 1. The van der Waals surface area contributed by atoms with Gasteiger partial charge in [-0.15, -0.1) is 0 Å². The van der Waals surface area contributed by atoms with E-state index in [1.807, 2.05) is 0 Å². The highest BCUT2D eigenvalue weighted by Gasteiger charge is 2.35. The molecule has 2 heterocycles. The first-order valence-electron chi connectivity index (χ1n) is 8.47. The minimum Gasteiger partial charge on any atom is -0.490 e. The molecule has 1 unspecified atom stereocenters. The number of hydrogen-bond acceptors (Lipinski definition) is 5. The van der Waals surface area contributed by atoms with Gasteiger partial charge in [-0.1, -0.05) is 12.7 Å². The Morgan fingerprint density at radius 3 is 2.59 bits per heavy atom. The lowest BCUT2D eigenvalue weighted by Crippen LogP contribution is -2.40. The third-order valence-electron chi connectivity index (χ3n) is 4.33. The van der Waals surface area contributed by atoms with Crippen LogP contribution in [0.1, 0.15) is 22.5 Å².